The Morgan fingerprint density at radius 3 is 2.71 bits per heavy atom. The van der Waals surface area contributed by atoms with Crippen molar-refractivity contribution in [3.05, 3.63) is 54.6 Å². The fourth-order valence-corrected chi connectivity index (χ4v) is 4.32. The molecule has 41 heavy (non-hydrogen) atoms. The molecule has 5 heterocycles. The maximum Gasteiger partial charge on any atom is 0.417 e. The molecule has 0 aromatic carbocycles. The topological polar surface area (TPSA) is 130 Å². The third-order valence-electron chi connectivity index (χ3n) is 6.51. The van der Waals surface area contributed by atoms with Crippen molar-refractivity contribution < 1.29 is 41.7 Å². The SMILES string of the molecule is COc1cc(O[C@@H]2CO[C@@H](C(=O)Nc3cnn(CC(=O)N4CC(COc5ccc(C(F)(F)F)cn5)C4)c3)C2)ccn1. The van der Waals surface area contributed by atoms with Crippen molar-refractivity contribution in [3.63, 3.8) is 0 Å². The van der Waals surface area contributed by atoms with E-state index < -0.39 is 17.8 Å². The van der Waals surface area contributed by atoms with Crippen LogP contribution in [0.5, 0.6) is 17.5 Å². The van der Waals surface area contributed by atoms with Crippen LogP contribution in [0.15, 0.2) is 49.1 Å². The molecule has 0 radical (unpaired) electrons. The minimum absolute atomic E-state index is 0.0187. The first-order valence-corrected chi connectivity index (χ1v) is 12.7. The molecule has 12 nitrogen and oxygen atoms in total. The minimum atomic E-state index is -4.46. The van der Waals surface area contributed by atoms with Crippen molar-refractivity contribution in [2.45, 2.75) is 31.3 Å². The van der Waals surface area contributed by atoms with E-state index in [0.717, 1.165) is 12.3 Å². The summed E-state index contributed by atoms with van der Waals surface area (Å²) in [5, 5.41) is 6.89. The summed E-state index contributed by atoms with van der Waals surface area (Å²) in [6.45, 7) is 1.35. The van der Waals surface area contributed by atoms with Gasteiger partial charge < -0.3 is 29.2 Å². The van der Waals surface area contributed by atoms with Gasteiger partial charge in [-0.3, -0.25) is 14.3 Å². The van der Waals surface area contributed by atoms with E-state index in [0.29, 0.717) is 36.8 Å². The Kier molecular flexibility index (Phi) is 8.23. The lowest BCUT2D eigenvalue weighted by molar-refractivity contribution is -0.139. The molecule has 0 spiro atoms. The number of amides is 2. The van der Waals surface area contributed by atoms with E-state index >= 15 is 0 Å². The van der Waals surface area contributed by atoms with Crippen LogP contribution in [0.1, 0.15) is 12.0 Å². The largest absolute Gasteiger partial charge is 0.488 e. The molecule has 0 unspecified atom stereocenters. The van der Waals surface area contributed by atoms with Crippen molar-refractivity contribution in [2.75, 3.05) is 38.7 Å². The van der Waals surface area contributed by atoms with Gasteiger partial charge in [-0.05, 0) is 12.1 Å². The third kappa shape index (κ3) is 7.22. The van der Waals surface area contributed by atoms with Gasteiger partial charge in [-0.15, -0.1) is 0 Å². The number of nitrogens with one attached hydrogen (secondary N) is 1. The molecule has 5 rings (SSSR count). The van der Waals surface area contributed by atoms with Crippen LogP contribution in [0.4, 0.5) is 18.9 Å². The number of hydrogen-bond acceptors (Lipinski definition) is 9. The van der Waals surface area contributed by atoms with Crippen LogP contribution in [0.25, 0.3) is 0 Å². The van der Waals surface area contributed by atoms with Crippen molar-refractivity contribution in [1.29, 1.82) is 0 Å². The summed E-state index contributed by atoms with van der Waals surface area (Å²) in [5.74, 6) is 0.604. The predicted octanol–water partition coefficient (Wildman–Crippen LogP) is 2.41. The Balaban J connectivity index is 1.01. The Bertz CT molecular complexity index is 1360. The summed E-state index contributed by atoms with van der Waals surface area (Å²) < 4.78 is 61.3. The number of aromatic nitrogens is 4. The zero-order chi connectivity index (χ0) is 29.0. The first kappa shape index (κ1) is 28.1. The Labute approximate surface area is 232 Å². The van der Waals surface area contributed by atoms with Gasteiger partial charge in [-0.25, -0.2) is 9.97 Å². The number of methoxy groups -OCH3 is 1. The number of nitrogens with zero attached hydrogens (tertiary/aromatic N) is 5. The molecular formula is C26H27F3N6O6. The standard InChI is InChI=1S/C26H27F3N6O6/c1-38-23-7-19(4-5-30-23)41-20-6-21(39-15-20)25(37)33-18-9-32-35(12-18)13-24(36)34-10-16(11-34)14-40-22-3-2-17(8-31-22)26(27,28)29/h2-5,7-9,12,16,20-21H,6,10-11,13-15H2,1H3,(H,33,37)/t20-,21+/m0/s1. The lowest BCUT2D eigenvalue weighted by atomic mass is 10.0. The number of carbonyl (C=O) groups excluding carboxylic acids is 2. The maximum atomic E-state index is 12.7. The van der Waals surface area contributed by atoms with Crippen LogP contribution < -0.4 is 19.5 Å². The summed E-state index contributed by atoms with van der Waals surface area (Å²) in [4.78, 5) is 34.6. The summed E-state index contributed by atoms with van der Waals surface area (Å²) in [5.41, 5.74) is -0.422. The molecule has 2 aliphatic heterocycles. The summed E-state index contributed by atoms with van der Waals surface area (Å²) in [7, 11) is 1.51. The quantitative estimate of drug-likeness (QED) is 0.387. The average Bonchev–Trinajstić information content (AvgIpc) is 3.57. The van der Waals surface area contributed by atoms with Crippen LogP contribution in [0.3, 0.4) is 0 Å². The van der Waals surface area contributed by atoms with Crippen LogP contribution >= 0.6 is 0 Å². The van der Waals surface area contributed by atoms with Gasteiger partial charge in [0.1, 0.15) is 24.5 Å². The number of hydrogen-bond donors (Lipinski definition) is 1. The van der Waals surface area contributed by atoms with Gasteiger partial charge in [0.2, 0.25) is 17.7 Å². The fraction of sp³-hybridized carbons (Fsp3) is 0.423. The number of pyridine rings is 2. The second kappa shape index (κ2) is 12.0. The van der Waals surface area contributed by atoms with Crippen LogP contribution in [-0.4, -0.2) is 82.1 Å². The number of anilines is 1. The third-order valence-corrected chi connectivity index (χ3v) is 6.51. The molecule has 3 aromatic rings. The number of halogens is 3. The van der Waals surface area contributed by atoms with Crippen LogP contribution in [0.2, 0.25) is 0 Å². The summed E-state index contributed by atoms with van der Waals surface area (Å²) in [6.07, 6.45) is 0.178. The zero-order valence-electron chi connectivity index (χ0n) is 21.9. The van der Waals surface area contributed by atoms with Gasteiger partial charge >= 0.3 is 6.18 Å². The average molecular weight is 577 g/mol. The number of carbonyl (C=O) groups is 2. The maximum absolute atomic E-state index is 12.7. The molecule has 2 fully saturated rings. The molecule has 2 saturated heterocycles. The molecule has 2 aliphatic rings. The van der Waals surface area contributed by atoms with Crippen LogP contribution in [0, 0.1) is 5.92 Å². The first-order valence-electron chi connectivity index (χ1n) is 12.7. The lowest BCUT2D eigenvalue weighted by Gasteiger charge is -2.38. The normalized spacial score (nSPS) is 19.0. The monoisotopic (exact) mass is 576 g/mol. The molecule has 3 aromatic heterocycles. The highest BCUT2D eigenvalue weighted by atomic mass is 19.4. The van der Waals surface area contributed by atoms with E-state index in [1.54, 1.807) is 29.4 Å². The molecular weight excluding hydrogens is 549 g/mol. The summed E-state index contributed by atoms with van der Waals surface area (Å²) in [6, 6.07) is 5.43. The van der Waals surface area contributed by atoms with Crippen molar-refractivity contribution >= 4 is 17.5 Å². The number of alkyl halides is 3. The number of ether oxygens (including phenoxy) is 4. The molecule has 0 bridgehead atoms. The van der Waals surface area contributed by atoms with Gasteiger partial charge in [0, 0.05) is 56.2 Å². The molecule has 0 saturated carbocycles. The second-order valence-corrected chi connectivity index (χ2v) is 9.61. The lowest BCUT2D eigenvalue weighted by Crippen LogP contribution is -2.53. The summed E-state index contributed by atoms with van der Waals surface area (Å²) >= 11 is 0. The zero-order valence-corrected chi connectivity index (χ0v) is 21.9. The van der Waals surface area contributed by atoms with Gasteiger partial charge in [0.05, 0.1) is 37.8 Å². The first-order chi connectivity index (χ1) is 19.7. The Morgan fingerprint density at radius 1 is 1.15 bits per heavy atom. The van der Waals surface area contributed by atoms with Gasteiger partial charge in [0.25, 0.3) is 5.91 Å². The van der Waals surface area contributed by atoms with Crippen molar-refractivity contribution in [3.8, 4) is 17.5 Å². The van der Waals surface area contributed by atoms with Crippen molar-refractivity contribution in [1.82, 2.24) is 24.6 Å². The van der Waals surface area contributed by atoms with E-state index in [-0.39, 0.29) is 49.5 Å². The number of rotatable bonds is 10. The van der Waals surface area contributed by atoms with E-state index in [4.69, 9.17) is 18.9 Å². The van der Waals surface area contributed by atoms with Gasteiger partial charge in [-0.2, -0.15) is 18.3 Å². The smallest absolute Gasteiger partial charge is 0.417 e. The Morgan fingerprint density at radius 2 is 1.98 bits per heavy atom. The molecule has 2 atom stereocenters. The van der Waals surface area contributed by atoms with E-state index in [2.05, 4.69) is 20.4 Å². The molecule has 1 N–H and O–H groups in total. The highest BCUT2D eigenvalue weighted by Crippen LogP contribution is 2.29. The highest BCUT2D eigenvalue weighted by Gasteiger charge is 2.34. The predicted molar refractivity (Wildman–Crippen MR) is 135 cm³/mol. The van der Waals surface area contributed by atoms with E-state index in [1.807, 2.05) is 0 Å². The van der Waals surface area contributed by atoms with Crippen molar-refractivity contribution in [2.24, 2.45) is 5.92 Å². The van der Waals surface area contributed by atoms with E-state index in [1.165, 1.54) is 24.1 Å². The van der Waals surface area contributed by atoms with Gasteiger partial charge in [0.15, 0.2) is 0 Å². The van der Waals surface area contributed by atoms with Gasteiger partial charge in [-0.1, -0.05) is 0 Å². The molecule has 15 heteroatoms. The number of likely N-dealkylation sites (tertiary alicyclic amines) is 1. The fourth-order valence-electron chi connectivity index (χ4n) is 4.32. The molecule has 2 amide bonds. The van der Waals surface area contributed by atoms with E-state index in [9.17, 15) is 22.8 Å². The minimum Gasteiger partial charge on any atom is -0.488 e. The molecule has 0 aliphatic carbocycles. The Hall–Kier alpha value is -4.40. The molecule has 218 valence electrons. The second-order valence-electron chi connectivity index (χ2n) is 9.61. The highest BCUT2D eigenvalue weighted by molar-refractivity contribution is 5.94. The van der Waals surface area contributed by atoms with Crippen LogP contribution in [-0.2, 0) is 27.0 Å².